The first-order valence-corrected chi connectivity index (χ1v) is 58.6. The lowest BCUT2D eigenvalue weighted by Gasteiger charge is -2.18. The molecule has 3 N–H and O–H groups in total. The van der Waals surface area contributed by atoms with Gasteiger partial charge in [-0.15, -0.1) is 13.2 Å². The van der Waals surface area contributed by atoms with Crippen molar-refractivity contribution >= 4 is 150 Å². The smallest absolute Gasteiger partial charge is 0.309 e. The number of rotatable bonds is 93. The zero-order chi connectivity index (χ0) is 97.7. The highest BCUT2D eigenvalue weighted by molar-refractivity contribution is 8.00. The Hall–Kier alpha value is -2.61. The van der Waals surface area contributed by atoms with Crippen LogP contribution in [0.15, 0.2) is 25.3 Å². The molecule has 0 aromatic carbocycles. The topological polar surface area (TPSA) is 297 Å². The number of hydrogen-bond acceptors (Lipinski definition) is 29. The molecule has 0 aliphatic rings. The SMILES string of the molecule is C=CCC(CCCO)C(=O)OCCCCC(=O)OCCCC(CC=C)C(=O)OC(C)C.CC(C)OC(=O)C(CCCOC(=O)CCCCOC(=O)C(CCCO)CCCSCCCCCCSC(C)C)CCCSCCCCCCSCCCC(CCCOC(=O)CCCCOC(=O)C(CCCO)CCCSCCCCCCSC(C)C)C(=O)OC(C)C.SCCCCCCS. The van der Waals surface area contributed by atoms with E-state index in [0.29, 0.717) is 139 Å². The lowest BCUT2D eigenvalue weighted by Crippen LogP contribution is -2.22. The number of thioether (sulfide) groups is 6. The van der Waals surface area contributed by atoms with E-state index in [1.807, 2.05) is 112 Å². The van der Waals surface area contributed by atoms with Gasteiger partial charge in [0.05, 0.1) is 93.5 Å². The molecule has 0 bridgehead atoms. The number of aliphatic hydroxyl groups excluding tert-OH is 3. The Labute approximate surface area is 833 Å². The van der Waals surface area contributed by atoms with Crippen LogP contribution in [-0.4, -0.2) is 226 Å². The zero-order valence-corrected chi connectivity index (χ0v) is 90.2. The summed E-state index contributed by atoms with van der Waals surface area (Å²) in [5.74, 6) is 9.53. The summed E-state index contributed by atoms with van der Waals surface area (Å²) in [7, 11) is 0. The molecule has 0 saturated carbocycles. The first kappa shape index (κ1) is 133. The Morgan fingerprint density at radius 2 is 0.481 bits per heavy atom. The number of hydrogen-bond donors (Lipinski definition) is 5. The van der Waals surface area contributed by atoms with Gasteiger partial charge in [-0.1, -0.05) is 91.2 Å². The van der Waals surface area contributed by atoms with E-state index < -0.39 is 0 Å². The van der Waals surface area contributed by atoms with Gasteiger partial charge in [-0.05, 0) is 352 Å². The molecule has 29 heteroatoms. The average Bonchev–Trinajstić information content (AvgIpc) is 0.918. The molecule has 0 rings (SSSR count). The first-order valence-electron chi connectivity index (χ1n) is 50.7. The predicted molar refractivity (Wildman–Crippen MR) is 561 cm³/mol. The molecule has 0 saturated heterocycles. The van der Waals surface area contributed by atoms with Gasteiger partial charge in [-0.2, -0.15) is 95.8 Å². The normalized spacial score (nSPS) is 12.7. The van der Waals surface area contributed by atoms with E-state index in [1.165, 1.54) is 101 Å². The van der Waals surface area contributed by atoms with Crippen molar-refractivity contribution in [3.8, 4) is 0 Å². The van der Waals surface area contributed by atoms with E-state index in [0.717, 1.165) is 122 Å². The van der Waals surface area contributed by atoms with E-state index in [9.17, 15) is 53.4 Å². The van der Waals surface area contributed by atoms with Gasteiger partial charge in [0.1, 0.15) is 0 Å². The lowest BCUT2D eigenvalue weighted by atomic mass is 9.98. The van der Waals surface area contributed by atoms with Crippen molar-refractivity contribution in [3.63, 3.8) is 0 Å². The van der Waals surface area contributed by atoms with Gasteiger partial charge in [0.25, 0.3) is 0 Å². The maximum atomic E-state index is 13.0. The molecule has 6 unspecified atom stereocenters. The van der Waals surface area contributed by atoms with Crippen molar-refractivity contribution in [2.24, 2.45) is 35.5 Å². The molecule has 0 aromatic rings. The van der Waals surface area contributed by atoms with Crippen LogP contribution in [0.1, 0.15) is 371 Å². The van der Waals surface area contributed by atoms with Crippen LogP contribution in [-0.2, 0) is 85.8 Å². The fraction of sp³-hybridized carbons (Fsp3) is 0.873. The van der Waals surface area contributed by atoms with Crippen molar-refractivity contribution in [1.82, 2.24) is 0 Å². The van der Waals surface area contributed by atoms with E-state index in [-0.39, 0.29) is 186 Å². The number of ether oxygens (including phenoxy) is 9. The third-order valence-electron chi connectivity index (χ3n) is 21.1. The second kappa shape index (κ2) is 100. The van der Waals surface area contributed by atoms with Gasteiger partial charge < -0.3 is 58.0 Å². The molecular formula is C102H188O21S8. The second-order valence-electron chi connectivity index (χ2n) is 35.2. The number of unbranched alkanes of at least 4 members (excludes halogenated alkanes) is 15. The van der Waals surface area contributed by atoms with Crippen molar-refractivity contribution in [1.29, 1.82) is 0 Å². The fourth-order valence-corrected chi connectivity index (χ4v) is 19.8. The van der Waals surface area contributed by atoms with Crippen molar-refractivity contribution in [2.75, 3.05) is 128 Å². The summed E-state index contributed by atoms with van der Waals surface area (Å²) in [6, 6.07) is 0. The van der Waals surface area contributed by atoms with Crippen molar-refractivity contribution in [2.45, 2.75) is 400 Å². The summed E-state index contributed by atoms with van der Waals surface area (Å²) in [5.41, 5.74) is 0. The second-order valence-corrected chi connectivity index (χ2v) is 44.4. The monoisotopic (exact) mass is 2010 g/mol. The maximum absolute atomic E-state index is 13.0. The molecule has 0 aliphatic carbocycles. The highest BCUT2D eigenvalue weighted by Gasteiger charge is 2.26. The Balaban J connectivity index is -0.00000344. The molecule has 0 aromatic heterocycles. The number of carbonyl (C=O) groups is 9. The van der Waals surface area contributed by atoms with E-state index in [4.69, 9.17) is 47.7 Å². The molecule has 770 valence electrons. The molecule has 0 heterocycles. The van der Waals surface area contributed by atoms with Crippen LogP contribution in [0, 0.1) is 35.5 Å². The molecule has 0 amide bonds. The summed E-state index contributed by atoms with van der Waals surface area (Å²) in [4.78, 5) is 113. The molecule has 0 spiro atoms. The van der Waals surface area contributed by atoms with Crippen LogP contribution < -0.4 is 0 Å². The van der Waals surface area contributed by atoms with E-state index in [1.54, 1.807) is 12.2 Å². The molecule has 6 atom stereocenters. The highest BCUT2D eigenvalue weighted by Crippen LogP contribution is 2.27. The Morgan fingerprint density at radius 1 is 0.260 bits per heavy atom. The van der Waals surface area contributed by atoms with E-state index >= 15 is 0 Å². The number of carbonyl (C=O) groups excluding carboxylic acids is 9. The van der Waals surface area contributed by atoms with Crippen LogP contribution in [0.5, 0.6) is 0 Å². The van der Waals surface area contributed by atoms with Crippen LogP contribution in [0.4, 0.5) is 0 Å². The van der Waals surface area contributed by atoms with Crippen molar-refractivity contribution in [3.05, 3.63) is 25.3 Å². The molecular weight excluding hydrogens is 1820 g/mol. The standard InChI is InChI=1S/C72H134O14S6.C24H40O7.C6H14S2/c1-59(2)85-71(79)65(35-27-47-81-67(75)41-15-17-45-83-69(77)63(33-25-43-73)37-29-53-87-51-21-11-13-23-57-91-61(5)6)39-31-55-89-49-19-9-10-20-50-90-56-32-40-66(72(80)86-60(3)4)36-28-48-82-68(76)42-16-18-46-84-70(78)64(34-26-44-74)38-30-54-88-52-22-12-14-24-58-92-62(7)8;1-5-11-20(13-9-16-25)23(27)30-17-8-7-15-22(26)29-18-10-14-21(12-6-2)24(28)31-19(3)4;7-5-3-1-2-4-6-8/h59-66,73-74H,9-58H2,1-8H3;5-6,19-21,25H,1-2,7-18H2,3-4H3;7-8H,1-6H2. The summed E-state index contributed by atoms with van der Waals surface area (Å²) < 4.78 is 49.1. The van der Waals surface area contributed by atoms with Crippen LogP contribution in [0.3, 0.4) is 0 Å². The van der Waals surface area contributed by atoms with Gasteiger partial charge in [-0.3, -0.25) is 43.2 Å². The highest BCUT2D eigenvalue weighted by atomic mass is 32.2. The number of aliphatic hydroxyl groups is 3. The van der Waals surface area contributed by atoms with E-state index in [2.05, 4.69) is 66.1 Å². The zero-order valence-electron chi connectivity index (χ0n) is 83.5. The third-order valence-corrected chi connectivity index (χ3v) is 28.7. The van der Waals surface area contributed by atoms with Crippen LogP contribution >= 0.6 is 95.8 Å². The minimum Gasteiger partial charge on any atom is -0.466 e. The molecule has 0 fully saturated rings. The first-order chi connectivity index (χ1) is 63.3. The lowest BCUT2D eigenvalue weighted by molar-refractivity contribution is -0.154. The Kier molecular flexibility index (Phi) is 102. The van der Waals surface area contributed by atoms with Gasteiger partial charge in [-0.25, -0.2) is 0 Å². The summed E-state index contributed by atoms with van der Waals surface area (Å²) in [6.45, 7) is 29.1. The third kappa shape index (κ3) is 93.5. The van der Waals surface area contributed by atoms with Crippen LogP contribution in [0.25, 0.3) is 0 Å². The Bertz CT molecular complexity index is 2570. The molecule has 131 heavy (non-hydrogen) atoms. The molecule has 0 radical (unpaired) electrons. The van der Waals surface area contributed by atoms with Gasteiger partial charge in [0, 0.05) is 39.1 Å². The summed E-state index contributed by atoms with van der Waals surface area (Å²) in [5, 5.41) is 29.1. The van der Waals surface area contributed by atoms with Gasteiger partial charge >= 0.3 is 53.7 Å². The van der Waals surface area contributed by atoms with Gasteiger partial charge in [0.15, 0.2) is 0 Å². The van der Waals surface area contributed by atoms with Crippen LogP contribution in [0.2, 0.25) is 0 Å². The molecule has 0 aliphatic heterocycles. The fourth-order valence-electron chi connectivity index (χ4n) is 13.8. The minimum absolute atomic E-state index is 0.0416. The quantitative estimate of drug-likeness (QED) is 0.0124. The average molecular weight is 2010 g/mol. The maximum Gasteiger partial charge on any atom is 0.309 e. The molecule has 21 nitrogen and oxygen atoms in total. The predicted octanol–water partition coefficient (Wildman–Crippen LogP) is 24.5. The number of allylic oxidation sites excluding steroid dienone is 2. The van der Waals surface area contributed by atoms with Gasteiger partial charge in [0.2, 0.25) is 0 Å². The summed E-state index contributed by atoms with van der Waals surface area (Å²) >= 11 is 20.1. The minimum atomic E-state index is -0.302. The Morgan fingerprint density at radius 3 is 0.756 bits per heavy atom. The largest absolute Gasteiger partial charge is 0.466 e. The van der Waals surface area contributed by atoms with Crippen molar-refractivity contribution < 1.29 is 101 Å². The number of thiol groups is 2. The number of esters is 9. The summed E-state index contributed by atoms with van der Waals surface area (Å²) in [6.07, 6.45) is 42.0.